The van der Waals surface area contributed by atoms with E-state index in [-0.39, 0.29) is 5.41 Å². The van der Waals surface area contributed by atoms with Gasteiger partial charge in [0, 0.05) is 16.8 Å². The highest BCUT2D eigenvalue weighted by Crippen LogP contribution is 2.33. The fourth-order valence-electron chi connectivity index (χ4n) is 4.25. The SMILES string of the molecule is CC(=N)c1ccc(OCc2cccc(COc3ccc(C(C)(C)c4ccc(NS(C)(=O)=O)cc4)cc3)c2)cc1. The molecule has 0 aliphatic heterocycles. The summed E-state index contributed by atoms with van der Waals surface area (Å²) in [6, 6.07) is 31.2. The van der Waals surface area contributed by atoms with Crippen molar-refractivity contribution >= 4 is 21.4 Å². The van der Waals surface area contributed by atoms with Crippen molar-refractivity contribution in [3.8, 4) is 11.5 Å². The summed E-state index contributed by atoms with van der Waals surface area (Å²) in [5.74, 6) is 1.55. The van der Waals surface area contributed by atoms with Gasteiger partial charge in [-0.3, -0.25) is 4.72 Å². The first kappa shape index (κ1) is 27.9. The van der Waals surface area contributed by atoms with Crippen molar-refractivity contribution in [1.29, 1.82) is 5.41 Å². The largest absolute Gasteiger partial charge is 0.489 e. The monoisotopic (exact) mass is 542 g/mol. The fourth-order valence-corrected chi connectivity index (χ4v) is 4.81. The van der Waals surface area contributed by atoms with Gasteiger partial charge in [-0.2, -0.15) is 0 Å². The maximum absolute atomic E-state index is 11.5. The zero-order chi connectivity index (χ0) is 28.0. The first-order valence-corrected chi connectivity index (χ1v) is 14.6. The van der Waals surface area contributed by atoms with E-state index >= 15 is 0 Å². The van der Waals surface area contributed by atoms with Crippen molar-refractivity contribution in [3.05, 3.63) is 125 Å². The van der Waals surface area contributed by atoms with Crippen LogP contribution in [0.15, 0.2) is 97.1 Å². The average Bonchev–Trinajstić information content (AvgIpc) is 2.91. The highest BCUT2D eigenvalue weighted by atomic mass is 32.2. The summed E-state index contributed by atoms with van der Waals surface area (Å²) >= 11 is 0. The second-order valence-corrected chi connectivity index (χ2v) is 11.9. The second-order valence-electron chi connectivity index (χ2n) is 10.1. The van der Waals surface area contributed by atoms with E-state index in [1.165, 1.54) is 0 Å². The maximum Gasteiger partial charge on any atom is 0.229 e. The third-order valence-corrected chi connectivity index (χ3v) is 7.18. The molecule has 4 aromatic carbocycles. The van der Waals surface area contributed by atoms with Crippen molar-refractivity contribution in [1.82, 2.24) is 0 Å². The lowest BCUT2D eigenvalue weighted by Crippen LogP contribution is -2.19. The smallest absolute Gasteiger partial charge is 0.229 e. The van der Waals surface area contributed by atoms with E-state index in [2.05, 4.69) is 36.8 Å². The van der Waals surface area contributed by atoms with Crippen molar-refractivity contribution in [2.75, 3.05) is 11.0 Å². The van der Waals surface area contributed by atoms with Crippen LogP contribution < -0.4 is 14.2 Å². The van der Waals surface area contributed by atoms with Gasteiger partial charge in [0.2, 0.25) is 10.0 Å². The number of benzene rings is 4. The minimum absolute atomic E-state index is 0.269. The maximum atomic E-state index is 11.5. The Balaban J connectivity index is 1.34. The Labute approximate surface area is 231 Å². The molecule has 0 heterocycles. The molecular formula is C32H34N2O4S. The molecule has 0 saturated heterocycles. The topological polar surface area (TPSA) is 88.5 Å². The minimum atomic E-state index is -3.31. The number of anilines is 1. The summed E-state index contributed by atoms with van der Waals surface area (Å²) < 4.78 is 37.4. The molecule has 0 bridgehead atoms. The molecule has 39 heavy (non-hydrogen) atoms. The molecule has 202 valence electrons. The summed E-state index contributed by atoms with van der Waals surface area (Å²) in [6.45, 7) is 6.94. The lowest BCUT2D eigenvalue weighted by atomic mass is 9.78. The molecule has 0 fully saturated rings. The molecule has 0 unspecified atom stereocenters. The lowest BCUT2D eigenvalue weighted by molar-refractivity contribution is 0.300. The summed E-state index contributed by atoms with van der Waals surface area (Å²) in [5.41, 5.74) is 6.01. The predicted molar refractivity (Wildman–Crippen MR) is 158 cm³/mol. The van der Waals surface area contributed by atoms with Crippen LogP contribution in [0.3, 0.4) is 0 Å². The van der Waals surface area contributed by atoms with Crippen LogP contribution in [-0.2, 0) is 28.7 Å². The van der Waals surface area contributed by atoms with E-state index in [1.54, 1.807) is 19.1 Å². The van der Waals surface area contributed by atoms with Crippen LogP contribution in [0.4, 0.5) is 5.69 Å². The molecule has 0 spiro atoms. The van der Waals surface area contributed by atoms with E-state index in [0.29, 0.717) is 24.6 Å². The number of nitrogens with one attached hydrogen (secondary N) is 2. The third-order valence-electron chi connectivity index (χ3n) is 6.58. The van der Waals surface area contributed by atoms with Gasteiger partial charge in [0.25, 0.3) is 0 Å². The van der Waals surface area contributed by atoms with Crippen LogP contribution in [0.5, 0.6) is 11.5 Å². The predicted octanol–water partition coefficient (Wildman–Crippen LogP) is 6.93. The summed E-state index contributed by atoms with van der Waals surface area (Å²) in [7, 11) is -3.31. The van der Waals surface area contributed by atoms with Gasteiger partial charge in [-0.1, -0.05) is 56.3 Å². The summed E-state index contributed by atoms with van der Waals surface area (Å²) in [4.78, 5) is 0. The Morgan fingerprint density at radius 1 is 0.769 bits per heavy atom. The Bertz CT molecular complexity index is 1530. The van der Waals surface area contributed by atoms with E-state index in [4.69, 9.17) is 14.9 Å². The van der Waals surface area contributed by atoms with Gasteiger partial charge in [0.15, 0.2) is 0 Å². The Morgan fingerprint density at radius 3 is 1.69 bits per heavy atom. The molecule has 6 nitrogen and oxygen atoms in total. The van der Waals surface area contributed by atoms with Crippen LogP contribution >= 0.6 is 0 Å². The van der Waals surface area contributed by atoms with Crippen LogP contribution in [-0.4, -0.2) is 20.4 Å². The number of hydrogen-bond donors (Lipinski definition) is 2. The van der Waals surface area contributed by atoms with E-state index in [9.17, 15) is 8.42 Å². The third kappa shape index (κ3) is 7.71. The standard InChI is InChI=1S/C32H34N2O4S/c1-23(33)26-8-16-30(17-9-26)37-21-24-6-5-7-25(20-24)22-38-31-18-12-28(13-19-31)32(2,3)27-10-14-29(15-11-27)34-39(4,35)36/h5-20,33-34H,21-22H2,1-4H3. The summed E-state index contributed by atoms with van der Waals surface area (Å²) in [5, 5.41) is 7.70. The molecule has 0 aliphatic rings. The van der Waals surface area contributed by atoms with E-state index in [0.717, 1.165) is 45.6 Å². The molecule has 4 aromatic rings. The number of sulfonamides is 1. The van der Waals surface area contributed by atoms with Crippen molar-refractivity contribution in [3.63, 3.8) is 0 Å². The van der Waals surface area contributed by atoms with Gasteiger partial charge in [-0.15, -0.1) is 0 Å². The molecule has 0 aliphatic carbocycles. The number of ether oxygens (including phenoxy) is 2. The highest BCUT2D eigenvalue weighted by Gasteiger charge is 2.23. The molecule has 0 aromatic heterocycles. The molecule has 0 atom stereocenters. The molecule has 7 heteroatoms. The van der Waals surface area contributed by atoms with Crippen LogP contribution in [0.1, 0.15) is 48.6 Å². The Hall–Kier alpha value is -4.10. The lowest BCUT2D eigenvalue weighted by Gasteiger charge is -2.26. The van der Waals surface area contributed by atoms with Crippen molar-refractivity contribution in [2.24, 2.45) is 0 Å². The Kier molecular flexibility index (Phi) is 8.41. The van der Waals surface area contributed by atoms with Crippen LogP contribution in [0.2, 0.25) is 0 Å². The van der Waals surface area contributed by atoms with Gasteiger partial charge < -0.3 is 14.9 Å². The number of hydrogen-bond acceptors (Lipinski definition) is 5. The highest BCUT2D eigenvalue weighted by molar-refractivity contribution is 7.92. The van der Waals surface area contributed by atoms with Crippen LogP contribution in [0.25, 0.3) is 0 Å². The van der Waals surface area contributed by atoms with Gasteiger partial charge >= 0.3 is 0 Å². The van der Waals surface area contributed by atoms with Crippen LogP contribution in [0, 0.1) is 5.41 Å². The van der Waals surface area contributed by atoms with E-state index < -0.39 is 10.0 Å². The van der Waals surface area contributed by atoms with Gasteiger partial charge in [0.05, 0.1) is 6.26 Å². The first-order chi connectivity index (χ1) is 18.5. The van der Waals surface area contributed by atoms with Gasteiger partial charge in [0.1, 0.15) is 24.7 Å². The second kappa shape index (κ2) is 11.7. The van der Waals surface area contributed by atoms with E-state index in [1.807, 2.05) is 66.7 Å². The fraction of sp³-hybridized carbons (Fsp3) is 0.219. The molecule has 0 saturated carbocycles. The average molecular weight is 543 g/mol. The number of rotatable bonds is 11. The summed E-state index contributed by atoms with van der Waals surface area (Å²) in [6.07, 6.45) is 1.14. The molecular weight excluding hydrogens is 508 g/mol. The Morgan fingerprint density at radius 2 is 1.23 bits per heavy atom. The van der Waals surface area contributed by atoms with Gasteiger partial charge in [-0.25, -0.2) is 8.42 Å². The van der Waals surface area contributed by atoms with Crippen molar-refractivity contribution < 1.29 is 17.9 Å². The normalized spacial score (nSPS) is 11.6. The first-order valence-electron chi connectivity index (χ1n) is 12.7. The van der Waals surface area contributed by atoms with Crippen molar-refractivity contribution in [2.45, 2.75) is 39.4 Å². The zero-order valence-electron chi connectivity index (χ0n) is 22.7. The molecule has 4 rings (SSSR count). The molecule has 0 radical (unpaired) electrons. The molecule has 0 amide bonds. The minimum Gasteiger partial charge on any atom is -0.489 e. The zero-order valence-corrected chi connectivity index (χ0v) is 23.5. The molecule has 2 N–H and O–H groups in total. The quantitative estimate of drug-likeness (QED) is 0.201. The van der Waals surface area contributed by atoms with Gasteiger partial charge in [-0.05, 0) is 89.3 Å².